The van der Waals surface area contributed by atoms with Gasteiger partial charge in [-0.3, -0.25) is 4.90 Å². The third-order valence-electron chi connectivity index (χ3n) is 4.46. The maximum atomic E-state index is 12.1. The molecule has 0 radical (unpaired) electrons. The molecule has 1 atom stereocenters. The van der Waals surface area contributed by atoms with Gasteiger partial charge in [-0.05, 0) is 42.9 Å². The van der Waals surface area contributed by atoms with Gasteiger partial charge in [0.1, 0.15) is 6.10 Å². The summed E-state index contributed by atoms with van der Waals surface area (Å²) in [6, 6.07) is 7.50. The van der Waals surface area contributed by atoms with Gasteiger partial charge in [-0.25, -0.2) is 13.2 Å². The second-order valence-electron chi connectivity index (χ2n) is 6.37. The Bertz CT molecular complexity index is 782. The number of carbonyl (C=O) groups excluding carboxylic acids is 1. The Balaban J connectivity index is 1.64. The quantitative estimate of drug-likeness (QED) is 0.706. The lowest BCUT2D eigenvalue weighted by molar-refractivity contribution is 0.143. The maximum absolute atomic E-state index is 12.1. The molecule has 26 heavy (non-hydrogen) atoms. The number of nitrogens with zero attached hydrogens (tertiary/aromatic N) is 2. The van der Waals surface area contributed by atoms with E-state index in [4.69, 9.17) is 22.7 Å². The number of cyclic esters (lactones) is 1. The van der Waals surface area contributed by atoms with Gasteiger partial charge in [-0.1, -0.05) is 0 Å². The number of rotatable bonds is 4. The minimum absolute atomic E-state index is 0.170. The van der Waals surface area contributed by atoms with Crippen LogP contribution in [0.1, 0.15) is 6.42 Å². The topological polar surface area (TPSA) is 105 Å². The van der Waals surface area contributed by atoms with Crippen LogP contribution in [0, 0.1) is 0 Å². The Morgan fingerprint density at radius 1 is 1.23 bits per heavy atom. The molecule has 2 aliphatic rings. The molecule has 2 aliphatic heterocycles. The summed E-state index contributed by atoms with van der Waals surface area (Å²) < 4.78 is 28.8. The number of benzene rings is 1. The molecule has 3 rings (SSSR count). The van der Waals surface area contributed by atoms with E-state index in [0.717, 1.165) is 11.4 Å². The number of nitrogens with two attached hydrogens (primary N) is 1. The molecule has 2 saturated heterocycles. The van der Waals surface area contributed by atoms with E-state index in [-0.39, 0.29) is 22.7 Å². The lowest BCUT2D eigenvalue weighted by Crippen LogP contribution is -2.37. The van der Waals surface area contributed by atoms with E-state index < -0.39 is 15.9 Å². The first-order chi connectivity index (χ1) is 12.3. The van der Waals surface area contributed by atoms with Crippen molar-refractivity contribution in [2.75, 3.05) is 47.5 Å². The molecule has 3 N–H and O–H groups in total. The molecule has 1 aromatic rings. The summed E-state index contributed by atoms with van der Waals surface area (Å²) in [7, 11) is -2.94. The fraction of sp³-hybridized carbons (Fsp3) is 0.500. The molecule has 0 aliphatic carbocycles. The van der Waals surface area contributed by atoms with Crippen molar-refractivity contribution in [2.24, 2.45) is 5.73 Å². The third kappa shape index (κ3) is 4.55. The molecule has 2 fully saturated rings. The third-order valence-corrected chi connectivity index (χ3v) is 6.32. The van der Waals surface area contributed by atoms with Crippen molar-refractivity contribution in [3.05, 3.63) is 24.3 Å². The lowest BCUT2D eigenvalue weighted by Gasteiger charge is -2.23. The van der Waals surface area contributed by atoms with Crippen LogP contribution in [0.5, 0.6) is 0 Å². The van der Waals surface area contributed by atoms with E-state index in [9.17, 15) is 13.2 Å². The maximum Gasteiger partial charge on any atom is 0.414 e. The normalized spacial score (nSPS) is 22.6. The van der Waals surface area contributed by atoms with Crippen molar-refractivity contribution in [2.45, 2.75) is 12.5 Å². The van der Waals surface area contributed by atoms with E-state index in [2.05, 4.69) is 10.2 Å². The molecule has 1 amide bonds. The Morgan fingerprint density at radius 3 is 2.62 bits per heavy atom. The Labute approximate surface area is 158 Å². The number of anilines is 2. The number of hydrogen-bond acceptors (Lipinski definition) is 6. The van der Waals surface area contributed by atoms with Crippen LogP contribution in [-0.2, 0) is 14.6 Å². The molecule has 0 aromatic heterocycles. The number of amides is 1. The zero-order valence-corrected chi connectivity index (χ0v) is 15.9. The van der Waals surface area contributed by atoms with Crippen molar-refractivity contribution >= 4 is 44.6 Å². The molecule has 142 valence electrons. The molecule has 2 heterocycles. The highest BCUT2D eigenvalue weighted by Crippen LogP contribution is 2.25. The first kappa shape index (κ1) is 18.7. The number of thiocarbonyl (C=S) groups is 1. The van der Waals surface area contributed by atoms with Crippen LogP contribution in [0.25, 0.3) is 0 Å². The SMILES string of the molecule is NC(=S)NCC1CN(c2ccc(N3CCCS(=O)(=O)CC3)cc2)C(=O)O1. The van der Waals surface area contributed by atoms with E-state index in [0.29, 0.717) is 32.6 Å². The second kappa shape index (κ2) is 7.67. The summed E-state index contributed by atoms with van der Waals surface area (Å²) in [5.41, 5.74) is 7.07. The molecule has 0 spiro atoms. The summed E-state index contributed by atoms with van der Waals surface area (Å²) in [6.45, 7) is 1.98. The predicted molar refractivity (Wildman–Crippen MR) is 104 cm³/mol. The fourth-order valence-corrected chi connectivity index (χ4v) is 4.45. The summed E-state index contributed by atoms with van der Waals surface area (Å²) in [4.78, 5) is 15.7. The summed E-state index contributed by atoms with van der Waals surface area (Å²) >= 11 is 4.75. The highest BCUT2D eigenvalue weighted by atomic mass is 32.2. The Kier molecular flexibility index (Phi) is 5.52. The summed E-state index contributed by atoms with van der Waals surface area (Å²) in [5.74, 6) is 0.410. The van der Waals surface area contributed by atoms with Crippen molar-refractivity contribution < 1.29 is 17.9 Å². The smallest absolute Gasteiger partial charge is 0.414 e. The van der Waals surface area contributed by atoms with Gasteiger partial charge in [0.05, 0.1) is 24.6 Å². The van der Waals surface area contributed by atoms with Crippen LogP contribution in [-0.4, -0.2) is 63.4 Å². The standard InChI is InChI=1S/C16H22N4O4S2/c17-15(25)18-10-14-11-20(16(21)24-14)13-4-2-12(3-5-13)19-6-1-8-26(22,23)9-7-19/h2-5,14H,1,6-11H2,(H3,17,18,25). The molecule has 0 saturated carbocycles. The van der Waals surface area contributed by atoms with Gasteiger partial charge >= 0.3 is 6.09 Å². The van der Waals surface area contributed by atoms with Crippen molar-refractivity contribution in [1.29, 1.82) is 0 Å². The van der Waals surface area contributed by atoms with Crippen molar-refractivity contribution in [1.82, 2.24) is 5.32 Å². The Hall–Kier alpha value is -2.07. The monoisotopic (exact) mass is 398 g/mol. The van der Waals surface area contributed by atoms with Gasteiger partial charge < -0.3 is 20.7 Å². The lowest BCUT2D eigenvalue weighted by atomic mass is 10.2. The minimum Gasteiger partial charge on any atom is -0.442 e. The summed E-state index contributed by atoms with van der Waals surface area (Å²) in [6.07, 6.45) is -0.104. The average molecular weight is 399 g/mol. The number of nitrogens with one attached hydrogen (secondary N) is 1. The fourth-order valence-electron chi connectivity index (χ4n) is 3.09. The molecular formula is C16H22N4O4S2. The zero-order valence-electron chi connectivity index (χ0n) is 14.3. The second-order valence-corrected chi connectivity index (χ2v) is 9.11. The highest BCUT2D eigenvalue weighted by molar-refractivity contribution is 7.91. The molecule has 0 bridgehead atoms. The molecule has 1 unspecified atom stereocenters. The summed E-state index contributed by atoms with van der Waals surface area (Å²) in [5, 5.41) is 2.96. The van der Waals surface area contributed by atoms with Gasteiger partial charge in [0.2, 0.25) is 0 Å². The van der Waals surface area contributed by atoms with Crippen molar-refractivity contribution in [3.63, 3.8) is 0 Å². The van der Waals surface area contributed by atoms with Gasteiger partial charge in [0.15, 0.2) is 14.9 Å². The van der Waals surface area contributed by atoms with Crippen LogP contribution in [0.15, 0.2) is 24.3 Å². The van der Waals surface area contributed by atoms with Gasteiger partial charge in [0, 0.05) is 24.5 Å². The van der Waals surface area contributed by atoms with Crippen LogP contribution < -0.4 is 20.9 Å². The zero-order chi connectivity index (χ0) is 18.7. The van der Waals surface area contributed by atoms with E-state index in [1.165, 1.54) is 0 Å². The number of carbonyl (C=O) groups is 1. The van der Waals surface area contributed by atoms with Crippen LogP contribution in [0.3, 0.4) is 0 Å². The van der Waals surface area contributed by atoms with Crippen LogP contribution in [0.4, 0.5) is 16.2 Å². The number of hydrogen-bond donors (Lipinski definition) is 2. The van der Waals surface area contributed by atoms with Crippen LogP contribution in [0.2, 0.25) is 0 Å². The van der Waals surface area contributed by atoms with Gasteiger partial charge in [0.25, 0.3) is 0 Å². The van der Waals surface area contributed by atoms with E-state index in [1.807, 2.05) is 24.3 Å². The molecule has 10 heteroatoms. The number of ether oxygens (including phenoxy) is 1. The predicted octanol–water partition coefficient (Wildman–Crippen LogP) is 0.470. The molecule has 8 nitrogen and oxygen atoms in total. The molecule has 1 aromatic carbocycles. The first-order valence-electron chi connectivity index (χ1n) is 8.41. The molecular weight excluding hydrogens is 376 g/mol. The van der Waals surface area contributed by atoms with E-state index >= 15 is 0 Å². The first-order valence-corrected chi connectivity index (χ1v) is 10.6. The van der Waals surface area contributed by atoms with Crippen LogP contribution >= 0.6 is 12.2 Å². The highest BCUT2D eigenvalue weighted by Gasteiger charge is 2.32. The number of sulfone groups is 1. The van der Waals surface area contributed by atoms with Gasteiger partial charge in [-0.2, -0.15) is 0 Å². The van der Waals surface area contributed by atoms with Crippen molar-refractivity contribution in [3.8, 4) is 0 Å². The van der Waals surface area contributed by atoms with Gasteiger partial charge in [-0.15, -0.1) is 0 Å². The largest absolute Gasteiger partial charge is 0.442 e. The van der Waals surface area contributed by atoms with E-state index in [1.54, 1.807) is 4.90 Å². The average Bonchev–Trinajstić information content (AvgIpc) is 2.86. The minimum atomic E-state index is -2.94. The Morgan fingerprint density at radius 2 is 1.92 bits per heavy atom.